The number of hydrogen-bond donors (Lipinski definition) is 2. The summed E-state index contributed by atoms with van der Waals surface area (Å²) in [6.07, 6.45) is 7.87. The van der Waals surface area contributed by atoms with Crippen LogP contribution in [0.25, 0.3) is 0 Å². The lowest BCUT2D eigenvalue weighted by atomic mass is 10.0. The Bertz CT molecular complexity index is 478. The summed E-state index contributed by atoms with van der Waals surface area (Å²) in [5, 5.41) is 0. The Balaban J connectivity index is 1.79. The Kier molecular flexibility index (Phi) is 5.12. The van der Waals surface area contributed by atoms with Crippen LogP contribution >= 0.6 is 0 Å². The molecule has 0 aliphatic rings. The molecular weight excluding hydrogens is 236 g/mol. The second-order valence-corrected chi connectivity index (χ2v) is 4.88. The van der Waals surface area contributed by atoms with Crippen LogP contribution < -0.4 is 11.3 Å². The maximum Gasteiger partial charge on any atom is 0.108 e. The number of benzene rings is 1. The Hall–Kier alpha value is -1.65. The van der Waals surface area contributed by atoms with Crippen molar-refractivity contribution >= 4 is 0 Å². The lowest BCUT2D eigenvalue weighted by Crippen LogP contribution is -2.36. The molecule has 102 valence electrons. The Morgan fingerprint density at radius 3 is 2.58 bits per heavy atom. The van der Waals surface area contributed by atoms with E-state index in [2.05, 4.69) is 39.2 Å². The summed E-state index contributed by atoms with van der Waals surface area (Å²) in [4.78, 5) is 4.33. The largest absolute Gasteiger partial charge is 0.338 e. The van der Waals surface area contributed by atoms with E-state index in [1.165, 1.54) is 5.56 Å². The summed E-state index contributed by atoms with van der Waals surface area (Å²) < 4.78 is 2.06. The van der Waals surface area contributed by atoms with Crippen molar-refractivity contribution in [2.24, 2.45) is 12.9 Å². The minimum Gasteiger partial charge on any atom is -0.338 e. The van der Waals surface area contributed by atoms with Crippen molar-refractivity contribution in [2.75, 3.05) is 0 Å². The average Bonchev–Trinajstić information content (AvgIpc) is 2.86. The second kappa shape index (κ2) is 7.07. The van der Waals surface area contributed by atoms with E-state index in [0.29, 0.717) is 6.04 Å². The summed E-state index contributed by atoms with van der Waals surface area (Å²) in [6, 6.07) is 10.8. The first kappa shape index (κ1) is 13.8. The number of nitrogens with one attached hydrogen (secondary N) is 1. The van der Waals surface area contributed by atoms with E-state index < -0.39 is 0 Å². The van der Waals surface area contributed by atoms with Crippen LogP contribution in [0.15, 0.2) is 42.7 Å². The molecule has 1 unspecified atom stereocenters. The van der Waals surface area contributed by atoms with Crippen LogP contribution in [0.4, 0.5) is 0 Å². The maximum atomic E-state index is 5.64. The molecule has 1 atom stereocenters. The highest BCUT2D eigenvalue weighted by Gasteiger charge is 2.09. The van der Waals surface area contributed by atoms with E-state index in [4.69, 9.17) is 5.84 Å². The SMILES string of the molecule is Cn1ccnc1CCC(CCc1ccccc1)NN. The molecule has 2 aromatic rings. The predicted octanol–water partition coefficient (Wildman–Crippen LogP) is 1.82. The van der Waals surface area contributed by atoms with Gasteiger partial charge in [0.05, 0.1) is 0 Å². The zero-order valence-electron chi connectivity index (χ0n) is 11.4. The quantitative estimate of drug-likeness (QED) is 0.588. The molecular formula is C15H22N4. The van der Waals surface area contributed by atoms with Crippen molar-refractivity contribution in [1.82, 2.24) is 15.0 Å². The highest BCUT2D eigenvalue weighted by molar-refractivity contribution is 5.14. The number of aromatic nitrogens is 2. The molecule has 0 saturated heterocycles. The number of hydrogen-bond acceptors (Lipinski definition) is 3. The minimum absolute atomic E-state index is 0.330. The first-order valence-electron chi connectivity index (χ1n) is 6.76. The van der Waals surface area contributed by atoms with Gasteiger partial charge in [-0.2, -0.15) is 0 Å². The van der Waals surface area contributed by atoms with Gasteiger partial charge in [0.15, 0.2) is 0 Å². The van der Waals surface area contributed by atoms with Gasteiger partial charge in [-0.3, -0.25) is 11.3 Å². The highest BCUT2D eigenvalue weighted by Crippen LogP contribution is 2.09. The van der Waals surface area contributed by atoms with E-state index in [9.17, 15) is 0 Å². The zero-order valence-corrected chi connectivity index (χ0v) is 11.4. The van der Waals surface area contributed by atoms with Gasteiger partial charge in [-0.15, -0.1) is 0 Å². The summed E-state index contributed by atoms with van der Waals surface area (Å²) in [6.45, 7) is 0. The standard InChI is InChI=1S/C15H22N4/c1-19-12-11-17-15(19)10-9-14(18-16)8-7-13-5-3-2-4-6-13/h2-6,11-12,14,18H,7-10,16H2,1H3. The van der Waals surface area contributed by atoms with Crippen molar-refractivity contribution in [3.8, 4) is 0 Å². The summed E-state index contributed by atoms with van der Waals surface area (Å²) in [5.41, 5.74) is 4.28. The molecule has 4 heteroatoms. The molecule has 3 N–H and O–H groups in total. The molecule has 0 fully saturated rings. The van der Waals surface area contributed by atoms with Gasteiger partial charge in [-0.1, -0.05) is 30.3 Å². The van der Waals surface area contributed by atoms with Crippen LogP contribution in [-0.4, -0.2) is 15.6 Å². The molecule has 0 aliphatic heterocycles. The van der Waals surface area contributed by atoms with Crippen molar-refractivity contribution in [1.29, 1.82) is 0 Å². The zero-order chi connectivity index (χ0) is 13.5. The van der Waals surface area contributed by atoms with E-state index in [0.717, 1.165) is 31.5 Å². The van der Waals surface area contributed by atoms with Gasteiger partial charge in [0.1, 0.15) is 5.82 Å². The van der Waals surface area contributed by atoms with Crippen molar-refractivity contribution < 1.29 is 0 Å². The van der Waals surface area contributed by atoms with E-state index in [1.807, 2.05) is 25.5 Å². The maximum absolute atomic E-state index is 5.64. The normalized spacial score (nSPS) is 12.5. The molecule has 19 heavy (non-hydrogen) atoms. The predicted molar refractivity (Wildman–Crippen MR) is 77.4 cm³/mol. The van der Waals surface area contributed by atoms with Gasteiger partial charge < -0.3 is 4.57 Å². The van der Waals surface area contributed by atoms with Crippen LogP contribution in [0.2, 0.25) is 0 Å². The van der Waals surface area contributed by atoms with Gasteiger partial charge in [0, 0.05) is 31.9 Å². The highest BCUT2D eigenvalue weighted by atomic mass is 15.2. The van der Waals surface area contributed by atoms with Gasteiger partial charge >= 0.3 is 0 Å². The molecule has 1 aromatic heterocycles. The van der Waals surface area contributed by atoms with Crippen molar-refractivity contribution in [2.45, 2.75) is 31.7 Å². The van der Waals surface area contributed by atoms with Crippen LogP contribution in [-0.2, 0) is 19.9 Å². The van der Waals surface area contributed by atoms with E-state index in [1.54, 1.807) is 0 Å². The van der Waals surface area contributed by atoms with Gasteiger partial charge in [-0.25, -0.2) is 4.98 Å². The molecule has 0 spiro atoms. The van der Waals surface area contributed by atoms with Gasteiger partial charge in [0.25, 0.3) is 0 Å². The molecule has 4 nitrogen and oxygen atoms in total. The number of hydrazine groups is 1. The van der Waals surface area contributed by atoms with Crippen molar-refractivity contribution in [3.63, 3.8) is 0 Å². The lowest BCUT2D eigenvalue weighted by molar-refractivity contribution is 0.458. The number of nitrogens with zero attached hydrogens (tertiary/aromatic N) is 2. The molecule has 0 saturated carbocycles. The molecule has 0 bridgehead atoms. The lowest BCUT2D eigenvalue weighted by Gasteiger charge is -2.15. The third-order valence-electron chi connectivity index (χ3n) is 3.50. The molecule has 2 rings (SSSR count). The fourth-order valence-corrected chi connectivity index (χ4v) is 2.24. The number of rotatable bonds is 7. The fourth-order valence-electron chi connectivity index (χ4n) is 2.24. The van der Waals surface area contributed by atoms with Gasteiger partial charge in [-0.05, 0) is 24.8 Å². The van der Waals surface area contributed by atoms with E-state index in [-0.39, 0.29) is 0 Å². The Morgan fingerprint density at radius 1 is 1.21 bits per heavy atom. The van der Waals surface area contributed by atoms with Crippen LogP contribution in [0, 0.1) is 0 Å². The third kappa shape index (κ3) is 4.19. The topological polar surface area (TPSA) is 55.9 Å². The minimum atomic E-state index is 0.330. The molecule has 1 aromatic carbocycles. The smallest absolute Gasteiger partial charge is 0.108 e. The van der Waals surface area contributed by atoms with Crippen LogP contribution in [0.5, 0.6) is 0 Å². The Labute approximate surface area is 114 Å². The van der Waals surface area contributed by atoms with Gasteiger partial charge in [0.2, 0.25) is 0 Å². The number of nitrogens with two attached hydrogens (primary N) is 1. The number of imidazole rings is 1. The monoisotopic (exact) mass is 258 g/mol. The molecule has 0 amide bonds. The number of aryl methyl sites for hydroxylation is 3. The third-order valence-corrected chi connectivity index (χ3v) is 3.50. The van der Waals surface area contributed by atoms with E-state index >= 15 is 0 Å². The van der Waals surface area contributed by atoms with Crippen LogP contribution in [0.3, 0.4) is 0 Å². The Morgan fingerprint density at radius 2 is 1.95 bits per heavy atom. The molecule has 1 heterocycles. The van der Waals surface area contributed by atoms with Crippen molar-refractivity contribution in [3.05, 3.63) is 54.1 Å². The molecule has 0 aliphatic carbocycles. The van der Waals surface area contributed by atoms with Crippen LogP contribution in [0.1, 0.15) is 24.2 Å². The molecule has 0 radical (unpaired) electrons. The summed E-state index contributed by atoms with van der Waals surface area (Å²) >= 11 is 0. The summed E-state index contributed by atoms with van der Waals surface area (Å²) in [7, 11) is 2.02. The second-order valence-electron chi connectivity index (χ2n) is 4.88. The average molecular weight is 258 g/mol. The first-order chi connectivity index (χ1) is 9.29. The fraction of sp³-hybridized carbons (Fsp3) is 0.400. The summed E-state index contributed by atoms with van der Waals surface area (Å²) in [5.74, 6) is 6.75. The first-order valence-corrected chi connectivity index (χ1v) is 6.76.